The predicted octanol–water partition coefficient (Wildman–Crippen LogP) is 4.58. The van der Waals surface area contributed by atoms with E-state index in [2.05, 4.69) is 73.2 Å². The Hall–Kier alpha value is -0.340. The molecule has 1 atom stereocenters. The average molecular weight is 298 g/mol. The Morgan fingerprint density at radius 2 is 1.76 bits per heavy atom. The lowest BCUT2D eigenvalue weighted by Gasteiger charge is -2.22. The van der Waals surface area contributed by atoms with Gasteiger partial charge in [0.05, 0.1) is 0 Å². The Balaban J connectivity index is 2.78. The molecule has 0 saturated carbocycles. The van der Waals surface area contributed by atoms with Crippen LogP contribution in [0.25, 0.3) is 0 Å². The van der Waals surface area contributed by atoms with E-state index in [1.165, 1.54) is 16.5 Å². The maximum atomic E-state index is 3.67. The molecule has 1 aromatic carbocycles. The third-order valence-electron chi connectivity index (χ3n) is 2.87. The Morgan fingerprint density at radius 3 is 2.29 bits per heavy atom. The summed E-state index contributed by atoms with van der Waals surface area (Å²) in [4.78, 5) is 0. The van der Waals surface area contributed by atoms with Gasteiger partial charge in [-0.25, -0.2) is 0 Å². The molecule has 0 radical (unpaired) electrons. The zero-order chi connectivity index (χ0) is 12.8. The van der Waals surface area contributed by atoms with Crippen molar-refractivity contribution in [3.8, 4) is 0 Å². The van der Waals surface area contributed by atoms with Gasteiger partial charge in [0.25, 0.3) is 0 Å². The molecule has 0 heterocycles. The van der Waals surface area contributed by atoms with Gasteiger partial charge in [0.15, 0.2) is 0 Å². The summed E-state index contributed by atoms with van der Waals surface area (Å²) in [7, 11) is 0. The first-order chi connectivity index (χ1) is 8.00. The fraction of sp³-hybridized carbons (Fsp3) is 0.600. The first-order valence-electron chi connectivity index (χ1n) is 6.48. The second kappa shape index (κ2) is 7.17. The van der Waals surface area contributed by atoms with E-state index < -0.39 is 0 Å². The first kappa shape index (κ1) is 14.7. The lowest BCUT2D eigenvalue weighted by molar-refractivity contribution is 0.451. The minimum atomic E-state index is 0.548. The number of halogens is 1. The van der Waals surface area contributed by atoms with Crippen LogP contribution in [0.15, 0.2) is 28.7 Å². The molecule has 1 unspecified atom stereocenters. The van der Waals surface area contributed by atoms with E-state index in [0.717, 1.165) is 12.5 Å². The van der Waals surface area contributed by atoms with Crippen molar-refractivity contribution >= 4 is 15.9 Å². The summed E-state index contributed by atoms with van der Waals surface area (Å²) >= 11 is 3.67. The Labute approximate surface area is 114 Å². The van der Waals surface area contributed by atoms with Gasteiger partial charge in [-0.1, -0.05) is 61.8 Å². The molecule has 0 fully saturated rings. The molecule has 1 rings (SSSR count). The second-order valence-electron chi connectivity index (χ2n) is 5.41. The van der Waals surface area contributed by atoms with Crippen molar-refractivity contribution in [1.29, 1.82) is 0 Å². The first-order valence-corrected chi connectivity index (χ1v) is 7.27. The molecular weight excluding hydrogens is 274 g/mol. The number of rotatable bonds is 6. The van der Waals surface area contributed by atoms with Gasteiger partial charge in [-0.15, -0.1) is 0 Å². The fourth-order valence-corrected chi connectivity index (χ4v) is 2.68. The van der Waals surface area contributed by atoms with Crippen LogP contribution in [0.5, 0.6) is 0 Å². The monoisotopic (exact) mass is 297 g/mol. The van der Waals surface area contributed by atoms with Crippen LogP contribution in [0.4, 0.5) is 0 Å². The van der Waals surface area contributed by atoms with Gasteiger partial charge in [0.1, 0.15) is 0 Å². The highest BCUT2D eigenvalue weighted by molar-refractivity contribution is 9.10. The second-order valence-corrected chi connectivity index (χ2v) is 6.27. The number of nitrogens with one attached hydrogen (secondary N) is 1. The predicted molar refractivity (Wildman–Crippen MR) is 79.5 cm³/mol. The van der Waals surface area contributed by atoms with Crippen LogP contribution >= 0.6 is 15.9 Å². The summed E-state index contributed by atoms with van der Waals surface area (Å²) in [6.07, 6.45) is 1.22. The largest absolute Gasteiger partial charge is 0.314 e. The van der Waals surface area contributed by atoms with Gasteiger partial charge >= 0.3 is 0 Å². The molecular formula is C15H24BrN. The van der Waals surface area contributed by atoms with Crippen molar-refractivity contribution < 1.29 is 0 Å². The van der Waals surface area contributed by atoms with Gasteiger partial charge in [0, 0.05) is 17.1 Å². The minimum absolute atomic E-state index is 0.548. The van der Waals surface area contributed by atoms with Crippen molar-refractivity contribution in [2.75, 3.05) is 6.54 Å². The lowest BCUT2D eigenvalue weighted by Crippen LogP contribution is -2.28. The molecule has 0 saturated heterocycles. The number of hydrogen-bond acceptors (Lipinski definition) is 1. The van der Waals surface area contributed by atoms with Crippen LogP contribution in [0, 0.1) is 5.92 Å². The van der Waals surface area contributed by atoms with Gasteiger partial charge in [-0.2, -0.15) is 0 Å². The van der Waals surface area contributed by atoms with Gasteiger partial charge < -0.3 is 5.32 Å². The van der Waals surface area contributed by atoms with Crippen LogP contribution in [-0.4, -0.2) is 12.6 Å². The molecule has 1 aromatic rings. The highest BCUT2D eigenvalue weighted by Crippen LogP contribution is 2.29. The normalized spacial score (nSPS) is 13.4. The fourth-order valence-electron chi connectivity index (χ4n) is 2.07. The number of benzene rings is 1. The van der Waals surface area contributed by atoms with Gasteiger partial charge in [-0.3, -0.25) is 0 Å². The van der Waals surface area contributed by atoms with E-state index in [1.807, 2.05) is 0 Å². The van der Waals surface area contributed by atoms with Crippen LogP contribution in [0.3, 0.4) is 0 Å². The topological polar surface area (TPSA) is 12.0 Å². The summed E-state index contributed by atoms with van der Waals surface area (Å²) in [5.41, 5.74) is 1.43. The van der Waals surface area contributed by atoms with E-state index in [0.29, 0.717) is 12.0 Å². The zero-order valence-electron chi connectivity index (χ0n) is 11.3. The highest BCUT2D eigenvalue weighted by atomic mass is 79.9. The smallest absolute Gasteiger partial charge is 0.0210 e. The van der Waals surface area contributed by atoms with Crippen LogP contribution in [-0.2, 0) is 0 Å². The summed E-state index contributed by atoms with van der Waals surface area (Å²) in [6, 6.07) is 9.13. The van der Waals surface area contributed by atoms with Crippen LogP contribution < -0.4 is 5.32 Å². The summed E-state index contributed by atoms with van der Waals surface area (Å²) < 4.78 is 1.23. The van der Waals surface area contributed by atoms with E-state index >= 15 is 0 Å². The molecule has 17 heavy (non-hydrogen) atoms. The highest BCUT2D eigenvalue weighted by Gasteiger charge is 2.15. The van der Waals surface area contributed by atoms with Gasteiger partial charge in [-0.05, 0) is 29.9 Å². The molecule has 0 spiro atoms. The molecule has 0 aliphatic carbocycles. The van der Waals surface area contributed by atoms with Gasteiger partial charge in [0.2, 0.25) is 0 Å². The molecule has 1 N–H and O–H groups in total. The Bertz CT molecular complexity index is 333. The zero-order valence-corrected chi connectivity index (χ0v) is 12.9. The molecule has 0 amide bonds. The molecule has 0 aromatic heterocycles. The Kier molecular flexibility index (Phi) is 6.21. The van der Waals surface area contributed by atoms with E-state index in [9.17, 15) is 0 Å². The summed E-state index contributed by atoms with van der Waals surface area (Å²) in [5, 5.41) is 3.56. The lowest BCUT2D eigenvalue weighted by atomic mass is 9.90. The third kappa shape index (κ3) is 5.22. The van der Waals surface area contributed by atoms with Crippen molar-refractivity contribution in [3.63, 3.8) is 0 Å². The van der Waals surface area contributed by atoms with Crippen LogP contribution in [0.1, 0.15) is 45.6 Å². The van der Waals surface area contributed by atoms with E-state index in [4.69, 9.17) is 0 Å². The molecule has 2 heteroatoms. The van der Waals surface area contributed by atoms with E-state index in [1.54, 1.807) is 0 Å². The third-order valence-corrected chi connectivity index (χ3v) is 3.60. The molecule has 0 aliphatic heterocycles. The summed E-state index contributed by atoms with van der Waals surface area (Å²) in [5.74, 6) is 1.31. The molecule has 0 aliphatic rings. The Morgan fingerprint density at radius 1 is 1.12 bits per heavy atom. The van der Waals surface area contributed by atoms with Crippen LogP contribution in [0.2, 0.25) is 0 Å². The van der Waals surface area contributed by atoms with E-state index in [-0.39, 0.29) is 0 Å². The maximum Gasteiger partial charge on any atom is 0.0210 e. The quantitative estimate of drug-likeness (QED) is 0.810. The molecule has 1 nitrogen and oxygen atoms in total. The number of hydrogen-bond donors (Lipinski definition) is 1. The maximum absolute atomic E-state index is 3.67. The molecule has 0 bridgehead atoms. The molecule has 96 valence electrons. The minimum Gasteiger partial charge on any atom is -0.314 e. The van der Waals surface area contributed by atoms with Crippen molar-refractivity contribution in [1.82, 2.24) is 5.32 Å². The summed E-state index contributed by atoms with van der Waals surface area (Å²) in [6.45, 7) is 10.0. The van der Waals surface area contributed by atoms with Crippen molar-refractivity contribution in [2.45, 2.75) is 46.1 Å². The van der Waals surface area contributed by atoms with Crippen molar-refractivity contribution in [2.24, 2.45) is 5.92 Å². The van der Waals surface area contributed by atoms with Crippen molar-refractivity contribution in [3.05, 3.63) is 34.3 Å². The average Bonchev–Trinajstić information content (AvgIpc) is 2.24. The SMILES string of the molecule is CC(C)CC(CNC(C)C)c1ccccc1Br. The standard InChI is InChI=1S/C15H24BrN/c1-11(2)9-13(10-17-12(3)4)14-7-5-6-8-15(14)16/h5-8,11-13,17H,9-10H2,1-4H3.